The van der Waals surface area contributed by atoms with Crippen LogP contribution in [-0.2, 0) is 16.6 Å². The summed E-state index contributed by atoms with van der Waals surface area (Å²) in [7, 11) is -2.36. The molecule has 0 radical (unpaired) electrons. The standard InChI is InChI=1S/C15H18ClNO5S2/c1-22-13-4-2-11(3-5-13)8-17(12(9-18)10-19)24(20,21)15-7-6-14(16)23-15/h2-7,12,18-19H,8-10H2,1H3. The predicted molar refractivity (Wildman–Crippen MR) is 93.0 cm³/mol. The quantitative estimate of drug-likeness (QED) is 0.718. The SMILES string of the molecule is COc1ccc(CN(C(CO)CO)S(=O)(=O)c2ccc(Cl)s2)cc1. The van der Waals surface area contributed by atoms with E-state index in [1.165, 1.54) is 12.1 Å². The monoisotopic (exact) mass is 391 g/mol. The zero-order chi connectivity index (χ0) is 17.7. The van der Waals surface area contributed by atoms with E-state index in [0.29, 0.717) is 15.6 Å². The van der Waals surface area contributed by atoms with Crippen LogP contribution >= 0.6 is 22.9 Å². The molecule has 0 fully saturated rings. The second-order valence-electron chi connectivity index (χ2n) is 4.98. The average molecular weight is 392 g/mol. The Morgan fingerprint density at radius 3 is 2.25 bits per heavy atom. The summed E-state index contributed by atoms with van der Waals surface area (Å²) in [5.74, 6) is 0.652. The topological polar surface area (TPSA) is 87.1 Å². The Balaban J connectivity index is 2.36. The van der Waals surface area contributed by atoms with Crippen LogP contribution in [0.15, 0.2) is 40.6 Å². The lowest BCUT2D eigenvalue weighted by atomic mass is 10.2. The Labute approximate surface area is 149 Å². The maximum Gasteiger partial charge on any atom is 0.253 e. The molecule has 0 aliphatic rings. The number of benzene rings is 1. The molecule has 0 amide bonds. The van der Waals surface area contributed by atoms with Crippen LogP contribution in [0.1, 0.15) is 5.56 Å². The Bertz CT molecular complexity index is 756. The van der Waals surface area contributed by atoms with Gasteiger partial charge in [0.05, 0.1) is 30.7 Å². The average Bonchev–Trinajstić information content (AvgIpc) is 3.03. The van der Waals surface area contributed by atoms with Gasteiger partial charge in [-0.15, -0.1) is 11.3 Å². The summed E-state index contributed by atoms with van der Waals surface area (Å²) in [4.78, 5) is 0. The molecule has 6 nitrogen and oxygen atoms in total. The van der Waals surface area contributed by atoms with Crippen LogP contribution in [0.25, 0.3) is 0 Å². The van der Waals surface area contributed by atoms with Crippen molar-refractivity contribution in [3.8, 4) is 5.75 Å². The summed E-state index contributed by atoms with van der Waals surface area (Å²) in [5.41, 5.74) is 0.703. The number of aliphatic hydroxyl groups is 2. The summed E-state index contributed by atoms with van der Waals surface area (Å²) in [6.07, 6.45) is 0. The lowest BCUT2D eigenvalue weighted by molar-refractivity contribution is 0.120. The summed E-state index contributed by atoms with van der Waals surface area (Å²) in [5, 5.41) is 18.9. The minimum atomic E-state index is -3.90. The first-order chi connectivity index (χ1) is 11.4. The van der Waals surface area contributed by atoms with Gasteiger partial charge < -0.3 is 14.9 Å². The number of sulfonamides is 1. The molecule has 1 aromatic carbocycles. The molecule has 0 unspecified atom stereocenters. The van der Waals surface area contributed by atoms with Gasteiger partial charge in [0.2, 0.25) is 0 Å². The minimum absolute atomic E-state index is 0.00757. The fraction of sp³-hybridized carbons (Fsp3) is 0.333. The maximum absolute atomic E-state index is 12.9. The molecular formula is C15H18ClNO5S2. The van der Waals surface area contributed by atoms with Crippen molar-refractivity contribution in [3.63, 3.8) is 0 Å². The molecule has 0 aliphatic heterocycles. The van der Waals surface area contributed by atoms with Crippen LogP contribution in [0, 0.1) is 0 Å². The highest BCUT2D eigenvalue weighted by Gasteiger charge is 2.32. The van der Waals surface area contributed by atoms with Gasteiger partial charge in [-0.2, -0.15) is 4.31 Å². The van der Waals surface area contributed by atoms with Gasteiger partial charge in [-0.3, -0.25) is 0 Å². The number of hydrogen-bond acceptors (Lipinski definition) is 6. The number of hydrogen-bond donors (Lipinski definition) is 2. The van der Waals surface area contributed by atoms with Crippen molar-refractivity contribution in [1.82, 2.24) is 4.31 Å². The van der Waals surface area contributed by atoms with Gasteiger partial charge in [0.15, 0.2) is 0 Å². The summed E-state index contributed by atoms with van der Waals surface area (Å²) < 4.78 is 32.3. The molecule has 0 spiro atoms. The van der Waals surface area contributed by atoms with Crippen molar-refractivity contribution < 1.29 is 23.4 Å². The summed E-state index contributed by atoms with van der Waals surface area (Å²) >= 11 is 6.77. The Hall–Kier alpha value is -1.16. The van der Waals surface area contributed by atoms with E-state index in [4.69, 9.17) is 16.3 Å². The van der Waals surface area contributed by atoms with Crippen molar-refractivity contribution in [2.75, 3.05) is 20.3 Å². The Kier molecular flexibility index (Phi) is 6.62. The molecule has 2 N–H and O–H groups in total. The normalized spacial score (nSPS) is 12.1. The molecule has 2 aromatic rings. The number of halogens is 1. The van der Waals surface area contributed by atoms with Crippen molar-refractivity contribution in [1.29, 1.82) is 0 Å². The van der Waals surface area contributed by atoms with Gasteiger partial charge >= 0.3 is 0 Å². The third-order valence-electron chi connectivity index (χ3n) is 3.44. The summed E-state index contributed by atoms with van der Waals surface area (Å²) in [6, 6.07) is 8.86. The molecule has 2 rings (SSSR count). The molecule has 1 heterocycles. The van der Waals surface area contributed by atoms with E-state index in [9.17, 15) is 18.6 Å². The molecule has 9 heteroatoms. The zero-order valence-electron chi connectivity index (χ0n) is 12.9. The zero-order valence-corrected chi connectivity index (χ0v) is 15.3. The van der Waals surface area contributed by atoms with Gasteiger partial charge in [-0.1, -0.05) is 23.7 Å². The first-order valence-corrected chi connectivity index (χ1v) is 9.67. The number of rotatable bonds is 8. The largest absolute Gasteiger partial charge is 0.497 e. The molecule has 0 aliphatic carbocycles. The minimum Gasteiger partial charge on any atom is -0.497 e. The lowest BCUT2D eigenvalue weighted by Crippen LogP contribution is -2.43. The van der Waals surface area contributed by atoms with Gasteiger partial charge in [-0.25, -0.2) is 8.42 Å². The van der Waals surface area contributed by atoms with Crippen molar-refractivity contribution in [2.45, 2.75) is 16.8 Å². The maximum atomic E-state index is 12.9. The molecule has 1 aromatic heterocycles. The third kappa shape index (κ3) is 4.27. The van der Waals surface area contributed by atoms with Gasteiger partial charge in [-0.05, 0) is 29.8 Å². The Morgan fingerprint density at radius 1 is 1.17 bits per heavy atom. The van der Waals surface area contributed by atoms with Crippen LogP contribution < -0.4 is 4.74 Å². The number of methoxy groups -OCH3 is 1. The number of ether oxygens (including phenoxy) is 1. The van der Waals surface area contributed by atoms with E-state index >= 15 is 0 Å². The highest BCUT2D eigenvalue weighted by Crippen LogP contribution is 2.30. The Morgan fingerprint density at radius 2 is 1.79 bits per heavy atom. The molecule has 0 saturated heterocycles. The predicted octanol–water partition coefficient (Wildman–Crippen LogP) is 1.95. The van der Waals surface area contributed by atoms with E-state index in [0.717, 1.165) is 15.6 Å². The first-order valence-electron chi connectivity index (χ1n) is 7.04. The van der Waals surface area contributed by atoms with Crippen LogP contribution in [0.5, 0.6) is 5.75 Å². The van der Waals surface area contributed by atoms with Gasteiger partial charge in [0.25, 0.3) is 10.0 Å². The second-order valence-corrected chi connectivity index (χ2v) is 8.81. The second kappa shape index (κ2) is 8.28. The van der Waals surface area contributed by atoms with Crippen molar-refractivity contribution in [2.24, 2.45) is 0 Å². The van der Waals surface area contributed by atoms with E-state index in [1.807, 2.05) is 0 Å². The highest BCUT2D eigenvalue weighted by atomic mass is 35.5. The van der Waals surface area contributed by atoms with E-state index in [-0.39, 0.29) is 10.8 Å². The lowest BCUT2D eigenvalue weighted by Gasteiger charge is -2.28. The smallest absolute Gasteiger partial charge is 0.253 e. The van der Waals surface area contributed by atoms with E-state index in [2.05, 4.69) is 0 Å². The fourth-order valence-electron chi connectivity index (χ4n) is 2.11. The number of nitrogens with zero attached hydrogens (tertiary/aromatic N) is 1. The molecule has 0 bridgehead atoms. The highest BCUT2D eigenvalue weighted by molar-refractivity contribution is 7.91. The first kappa shape index (κ1) is 19.2. The summed E-state index contributed by atoms with van der Waals surface area (Å²) in [6.45, 7) is -0.983. The van der Waals surface area contributed by atoms with Crippen molar-refractivity contribution >= 4 is 33.0 Å². The third-order valence-corrected chi connectivity index (χ3v) is 7.03. The molecule has 0 atom stereocenters. The van der Waals surface area contributed by atoms with Crippen LogP contribution in [0.3, 0.4) is 0 Å². The van der Waals surface area contributed by atoms with Gasteiger partial charge in [0, 0.05) is 6.54 Å². The molecular weight excluding hydrogens is 374 g/mol. The molecule has 0 saturated carbocycles. The van der Waals surface area contributed by atoms with Crippen LogP contribution in [0.4, 0.5) is 0 Å². The van der Waals surface area contributed by atoms with Crippen LogP contribution in [-0.4, -0.2) is 49.3 Å². The van der Waals surface area contributed by atoms with E-state index in [1.54, 1.807) is 31.4 Å². The van der Waals surface area contributed by atoms with Crippen LogP contribution in [0.2, 0.25) is 4.34 Å². The van der Waals surface area contributed by atoms with Crippen molar-refractivity contribution in [3.05, 3.63) is 46.3 Å². The number of aliphatic hydroxyl groups excluding tert-OH is 2. The van der Waals surface area contributed by atoms with Gasteiger partial charge in [0.1, 0.15) is 9.96 Å². The van der Waals surface area contributed by atoms with E-state index < -0.39 is 29.3 Å². The molecule has 132 valence electrons. The number of thiophene rings is 1. The molecule has 24 heavy (non-hydrogen) atoms. The fourth-order valence-corrected chi connectivity index (χ4v) is 5.32.